The molecule has 2 heterocycles. The van der Waals surface area contributed by atoms with E-state index in [1.54, 1.807) is 30.5 Å². The number of aromatic amines is 1. The minimum Gasteiger partial charge on any atom is -0.436 e. The van der Waals surface area contributed by atoms with Crippen LogP contribution >= 0.6 is 11.6 Å². The van der Waals surface area contributed by atoms with Gasteiger partial charge in [-0.1, -0.05) is 56.6 Å². The van der Waals surface area contributed by atoms with Gasteiger partial charge >= 0.3 is 6.03 Å². The molecule has 0 radical (unpaired) electrons. The van der Waals surface area contributed by atoms with Gasteiger partial charge in [0.2, 0.25) is 5.89 Å². The Morgan fingerprint density at radius 1 is 0.971 bits per heavy atom. The first-order valence-corrected chi connectivity index (χ1v) is 11.5. The minimum atomic E-state index is -0.360. The van der Waals surface area contributed by atoms with Crippen molar-refractivity contribution in [2.45, 2.75) is 26.2 Å². The van der Waals surface area contributed by atoms with E-state index in [0.29, 0.717) is 28.0 Å². The third-order valence-electron chi connectivity index (χ3n) is 5.62. The summed E-state index contributed by atoms with van der Waals surface area (Å²) < 4.78 is 6.04. The van der Waals surface area contributed by atoms with Crippen molar-refractivity contribution in [3.8, 4) is 22.7 Å². The Balaban J connectivity index is 1.35. The molecule has 35 heavy (non-hydrogen) atoms. The van der Waals surface area contributed by atoms with Crippen LogP contribution in [0.4, 0.5) is 16.2 Å². The molecular weight excluding hydrogens is 462 g/mol. The van der Waals surface area contributed by atoms with E-state index in [2.05, 4.69) is 53.7 Å². The van der Waals surface area contributed by atoms with Gasteiger partial charge in [-0.2, -0.15) is 5.10 Å². The van der Waals surface area contributed by atoms with Crippen LogP contribution < -0.4 is 10.6 Å². The lowest BCUT2D eigenvalue weighted by Gasteiger charge is -2.18. The summed E-state index contributed by atoms with van der Waals surface area (Å²) in [5.41, 5.74) is 6.34. The number of urea groups is 1. The van der Waals surface area contributed by atoms with Crippen molar-refractivity contribution >= 4 is 40.1 Å². The number of anilines is 2. The predicted octanol–water partition coefficient (Wildman–Crippen LogP) is 7.48. The molecule has 0 atom stereocenters. The van der Waals surface area contributed by atoms with Crippen LogP contribution in [-0.4, -0.2) is 21.2 Å². The normalized spacial score (nSPS) is 11.5. The number of nitrogens with one attached hydrogen (secondary N) is 3. The summed E-state index contributed by atoms with van der Waals surface area (Å²) in [7, 11) is 0. The van der Waals surface area contributed by atoms with E-state index in [4.69, 9.17) is 21.0 Å². The fourth-order valence-corrected chi connectivity index (χ4v) is 3.94. The number of fused-ring (bicyclic) bond motifs is 1. The van der Waals surface area contributed by atoms with Gasteiger partial charge in [0.15, 0.2) is 5.58 Å². The van der Waals surface area contributed by atoms with Gasteiger partial charge in [-0.3, -0.25) is 5.10 Å². The van der Waals surface area contributed by atoms with Crippen molar-refractivity contribution in [2.75, 3.05) is 10.6 Å². The van der Waals surface area contributed by atoms with Crippen molar-refractivity contribution in [3.63, 3.8) is 0 Å². The monoisotopic (exact) mass is 485 g/mol. The maximum Gasteiger partial charge on any atom is 0.323 e. The summed E-state index contributed by atoms with van der Waals surface area (Å²) in [4.78, 5) is 17.0. The molecule has 2 aromatic heterocycles. The number of aromatic nitrogens is 3. The molecule has 0 fully saturated rings. The molecular formula is C27H24ClN5O2. The summed E-state index contributed by atoms with van der Waals surface area (Å²) in [5.74, 6) is 0.498. The zero-order valence-corrected chi connectivity index (χ0v) is 20.3. The number of hydrogen-bond donors (Lipinski definition) is 3. The first kappa shape index (κ1) is 22.7. The summed E-state index contributed by atoms with van der Waals surface area (Å²) >= 11 is 5.97. The molecule has 8 heteroatoms. The Hall–Kier alpha value is -4.10. The number of oxazole rings is 1. The molecule has 0 saturated carbocycles. The summed E-state index contributed by atoms with van der Waals surface area (Å²) in [6.07, 6.45) is 1.77. The molecule has 3 aromatic carbocycles. The minimum absolute atomic E-state index is 0.0228. The highest BCUT2D eigenvalue weighted by Crippen LogP contribution is 2.33. The maximum atomic E-state index is 12.3. The van der Waals surface area contributed by atoms with E-state index in [9.17, 15) is 4.79 Å². The van der Waals surface area contributed by atoms with E-state index in [0.717, 1.165) is 22.2 Å². The Morgan fingerprint density at radius 3 is 2.49 bits per heavy atom. The molecule has 0 aliphatic carbocycles. The SMILES string of the molecule is CC(C)(C)c1ccc2oc(-c3c[nH]nc3-c3ccc(NC(=O)Nc4cccc(Cl)c4)cc3)nc2c1. The number of amides is 2. The largest absolute Gasteiger partial charge is 0.436 e. The molecule has 0 aliphatic heterocycles. The van der Waals surface area contributed by atoms with Crippen molar-refractivity contribution < 1.29 is 9.21 Å². The summed E-state index contributed by atoms with van der Waals surface area (Å²) in [6, 6.07) is 20.1. The average Bonchev–Trinajstić information content (AvgIpc) is 3.45. The van der Waals surface area contributed by atoms with Crippen LogP contribution in [0, 0.1) is 0 Å². The number of nitrogens with zero attached hydrogens (tertiary/aromatic N) is 2. The molecule has 5 aromatic rings. The second kappa shape index (κ2) is 8.92. The van der Waals surface area contributed by atoms with Gasteiger partial charge in [-0.15, -0.1) is 0 Å². The van der Waals surface area contributed by atoms with Crippen LogP contribution in [0.5, 0.6) is 0 Å². The third-order valence-corrected chi connectivity index (χ3v) is 5.86. The number of carbonyl (C=O) groups is 1. The van der Waals surface area contributed by atoms with Crippen molar-refractivity contribution in [1.82, 2.24) is 15.2 Å². The summed E-state index contributed by atoms with van der Waals surface area (Å²) in [5, 5.41) is 13.4. The topological polar surface area (TPSA) is 95.8 Å². The molecule has 0 unspecified atom stereocenters. The second-order valence-electron chi connectivity index (χ2n) is 9.27. The molecule has 0 spiro atoms. The van der Waals surface area contributed by atoms with Crippen molar-refractivity contribution in [1.29, 1.82) is 0 Å². The lowest BCUT2D eigenvalue weighted by molar-refractivity contribution is 0.262. The van der Waals surface area contributed by atoms with Crippen LogP contribution in [0.3, 0.4) is 0 Å². The Kier molecular flexibility index (Phi) is 5.78. The highest BCUT2D eigenvalue weighted by Gasteiger charge is 2.19. The molecule has 3 N–H and O–H groups in total. The lowest BCUT2D eigenvalue weighted by Crippen LogP contribution is -2.19. The lowest BCUT2D eigenvalue weighted by atomic mass is 9.87. The Morgan fingerprint density at radius 2 is 1.74 bits per heavy atom. The molecule has 176 valence electrons. The van der Waals surface area contributed by atoms with E-state index < -0.39 is 0 Å². The molecule has 0 aliphatic rings. The highest BCUT2D eigenvalue weighted by molar-refractivity contribution is 6.30. The highest BCUT2D eigenvalue weighted by atomic mass is 35.5. The molecule has 5 rings (SSSR count). The molecule has 0 saturated heterocycles. The van der Waals surface area contributed by atoms with E-state index in [1.165, 1.54) is 5.56 Å². The first-order chi connectivity index (χ1) is 16.8. The van der Waals surface area contributed by atoms with Gasteiger partial charge in [0, 0.05) is 28.2 Å². The van der Waals surface area contributed by atoms with E-state index in [1.807, 2.05) is 30.3 Å². The number of H-pyrrole nitrogens is 1. The van der Waals surface area contributed by atoms with Crippen LogP contribution in [0.2, 0.25) is 5.02 Å². The fourth-order valence-electron chi connectivity index (χ4n) is 3.75. The first-order valence-electron chi connectivity index (χ1n) is 11.2. The van der Waals surface area contributed by atoms with Crippen molar-refractivity contribution in [3.05, 3.63) is 83.5 Å². The van der Waals surface area contributed by atoms with Crippen molar-refractivity contribution in [2.24, 2.45) is 0 Å². The third kappa shape index (κ3) is 4.90. The number of hydrogen-bond acceptors (Lipinski definition) is 4. The number of carbonyl (C=O) groups excluding carboxylic acids is 1. The van der Waals surface area contributed by atoms with Gasteiger partial charge in [-0.05, 0) is 53.4 Å². The van der Waals surface area contributed by atoms with Gasteiger partial charge in [0.1, 0.15) is 11.2 Å². The van der Waals surface area contributed by atoms with E-state index >= 15 is 0 Å². The van der Waals surface area contributed by atoms with Gasteiger partial charge < -0.3 is 15.1 Å². The van der Waals surface area contributed by atoms with Gasteiger partial charge in [0.25, 0.3) is 0 Å². The fraction of sp³-hybridized carbons (Fsp3) is 0.148. The number of halogens is 1. The van der Waals surface area contributed by atoms with Crippen LogP contribution in [0.15, 0.2) is 77.3 Å². The summed E-state index contributed by atoms with van der Waals surface area (Å²) in [6.45, 7) is 6.51. The molecule has 0 bridgehead atoms. The smallest absolute Gasteiger partial charge is 0.323 e. The zero-order valence-electron chi connectivity index (χ0n) is 19.5. The Labute approximate surface area is 207 Å². The van der Waals surface area contributed by atoms with E-state index in [-0.39, 0.29) is 11.4 Å². The second-order valence-corrected chi connectivity index (χ2v) is 9.70. The van der Waals surface area contributed by atoms with Crippen LogP contribution in [0.25, 0.3) is 33.8 Å². The average molecular weight is 486 g/mol. The molecule has 7 nitrogen and oxygen atoms in total. The maximum absolute atomic E-state index is 12.3. The number of rotatable bonds is 4. The van der Waals surface area contributed by atoms with Gasteiger partial charge in [0.05, 0.1) is 5.56 Å². The predicted molar refractivity (Wildman–Crippen MR) is 140 cm³/mol. The standard InChI is InChI=1S/C27H24ClN5O2/c1-27(2,3)17-9-12-23-22(13-17)32-25(35-23)21-15-29-33-24(21)16-7-10-19(11-8-16)30-26(34)31-20-6-4-5-18(28)14-20/h4-15H,1-3H3,(H,29,33)(H2,30,31,34). The van der Waals surface area contributed by atoms with Crippen LogP contribution in [0.1, 0.15) is 26.3 Å². The number of benzene rings is 3. The Bertz CT molecular complexity index is 1510. The van der Waals surface area contributed by atoms with Crippen LogP contribution in [-0.2, 0) is 5.41 Å². The quantitative estimate of drug-likeness (QED) is 0.246. The zero-order chi connectivity index (χ0) is 24.6. The molecule has 2 amide bonds. The van der Waals surface area contributed by atoms with Gasteiger partial charge in [-0.25, -0.2) is 9.78 Å².